The summed E-state index contributed by atoms with van der Waals surface area (Å²) in [5.41, 5.74) is 5.82. The minimum Gasteiger partial charge on any atom is -0.481 e. The molecule has 0 bridgehead atoms. The minimum atomic E-state index is -0.915. The Hall–Kier alpha value is -4.17. The first-order chi connectivity index (χ1) is 17.0. The van der Waals surface area contributed by atoms with Crippen LogP contribution in [0.5, 0.6) is 0 Å². The van der Waals surface area contributed by atoms with E-state index in [4.69, 9.17) is 14.6 Å². The highest BCUT2D eigenvalue weighted by Gasteiger charge is 2.28. The van der Waals surface area contributed by atoms with Gasteiger partial charge in [-0.3, -0.25) is 9.59 Å². The Morgan fingerprint density at radius 3 is 2.11 bits per heavy atom. The second-order valence-corrected chi connectivity index (χ2v) is 8.12. The van der Waals surface area contributed by atoms with Crippen molar-refractivity contribution in [2.24, 2.45) is 0 Å². The number of carbonyl (C=O) groups excluding carboxylic acids is 2. The lowest BCUT2D eigenvalue weighted by atomic mass is 9.98. The molecule has 0 heterocycles. The van der Waals surface area contributed by atoms with Crippen molar-refractivity contribution in [2.45, 2.75) is 12.3 Å². The maximum Gasteiger partial charge on any atom is 0.407 e. The number of hydrogen-bond donors (Lipinski definition) is 3. The summed E-state index contributed by atoms with van der Waals surface area (Å²) in [6.45, 7) is 0.403. The molecule has 3 N–H and O–H groups in total. The van der Waals surface area contributed by atoms with Crippen molar-refractivity contribution < 1.29 is 29.0 Å². The molecule has 0 fully saturated rings. The molecule has 4 rings (SSSR count). The lowest BCUT2D eigenvalue weighted by Crippen LogP contribution is -2.30. The summed E-state index contributed by atoms with van der Waals surface area (Å²) >= 11 is 0. The summed E-state index contributed by atoms with van der Waals surface area (Å²) in [6, 6.07) is 22.8. The quantitative estimate of drug-likeness (QED) is 0.385. The third kappa shape index (κ3) is 6.24. The molecule has 2 amide bonds. The lowest BCUT2D eigenvalue weighted by molar-refractivity contribution is -0.136. The van der Waals surface area contributed by atoms with Gasteiger partial charge in [0.05, 0.1) is 13.0 Å². The van der Waals surface area contributed by atoms with Crippen molar-refractivity contribution in [3.63, 3.8) is 0 Å². The molecule has 3 aromatic rings. The highest BCUT2D eigenvalue weighted by Crippen LogP contribution is 2.44. The van der Waals surface area contributed by atoms with Gasteiger partial charge in [-0.25, -0.2) is 4.79 Å². The number of rotatable bonds is 10. The Kier molecular flexibility index (Phi) is 7.74. The van der Waals surface area contributed by atoms with Gasteiger partial charge in [-0.15, -0.1) is 0 Å². The Morgan fingerprint density at radius 1 is 0.857 bits per heavy atom. The molecule has 0 aliphatic heterocycles. The van der Waals surface area contributed by atoms with E-state index in [0.717, 1.165) is 11.1 Å². The molecule has 0 unspecified atom stereocenters. The van der Waals surface area contributed by atoms with E-state index in [9.17, 15) is 14.4 Å². The van der Waals surface area contributed by atoms with Crippen molar-refractivity contribution in [2.75, 3.05) is 31.7 Å². The van der Waals surface area contributed by atoms with Crippen LogP contribution in [0.15, 0.2) is 72.8 Å². The number of carboxylic acids is 1. The lowest BCUT2D eigenvalue weighted by Gasteiger charge is -2.14. The summed E-state index contributed by atoms with van der Waals surface area (Å²) in [5.74, 6) is -1.27. The molecule has 8 heteroatoms. The molecule has 0 saturated carbocycles. The second-order valence-electron chi connectivity index (χ2n) is 8.12. The summed E-state index contributed by atoms with van der Waals surface area (Å²) in [6.07, 6.45) is -0.616. The van der Waals surface area contributed by atoms with E-state index in [-0.39, 0.29) is 44.6 Å². The number of carbonyl (C=O) groups is 3. The average Bonchev–Trinajstić information content (AvgIpc) is 3.17. The zero-order valence-corrected chi connectivity index (χ0v) is 19.0. The van der Waals surface area contributed by atoms with Crippen LogP contribution in [0.3, 0.4) is 0 Å². The van der Waals surface area contributed by atoms with Gasteiger partial charge in [-0.05, 0) is 39.9 Å². The second kappa shape index (κ2) is 11.3. The van der Waals surface area contributed by atoms with Gasteiger partial charge in [-0.2, -0.15) is 0 Å². The monoisotopic (exact) mass is 474 g/mol. The van der Waals surface area contributed by atoms with Gasteiger partial charge in [0.1, 0.15) is 13.2 Å². The molecular formula is C27H26N2O6. The predicted octanol–water partition coefficient (Wildman–Crippen LogP) is 3.81. The molecule has 0 aromatic heterocycles. The van der Waals surface area contributed by atoms with Gasteiger partial charge in [0.15, 0.2) is 0 Å². The van der Waals surface area contributed by atoms with Crippen LogP contribution in [0.2, 0.25) is 0 Å². The zero-order valence-electron chi connectivity index (χ0n) is 19.0. The van der Waals surface area contributed by atoms with Crippen LogP contribution in [-0.2, 0) is 25.5 Å². The Balaban J connectivity index is 1.14. The zero-order chi connectivity index (χ0) is 24.6. The van der Waals surface area contributed by atoms with Crippen LogP contribution in [-0.4, -0.2) is 49.4 Å². The molecule has 8 nitrogen and oxygen atoms in total. The Bertz CT molecular complexity index is 1160. The first-order valence-electron chi connectivity index (χ1n) is 11.3. The number of hydrogen-bond acceptors (Lipinski definition) is 5. The number of aliphatic carboxylic acids is 1. The van der Waals surface area contributed by atoms with Crippen LogP contribution in [0.1, 0.15) is 22.6 Å². The van der Waals surface area contributed by atoms with Crippen molar-refractivity contribution >= 4 is 23.7 Å². The largest absolute Gasteiger partial charge is 0.481 e. The normalized spacial score (nSPS) is 11.9. The van der Waals surface area contributed by atoms with E-state index in [1.165, 1.54) is 11.1 Å². The highest BCUT2D eigenvalue weighted by molar-refractivity contribution is 5.91. The van der Waals surface area contributed by atoms with Crippen molar-refractivity contribution in [3.05, 3.63) is 89.5 Å². The molecule has 1 aliphatic rings. The number of nitrogens with one attached hydrogen (secondary N) is 2. The van der Waals surface area contributed by atoms with Crippen LogP contribution in [0.4, 0.5) is 10.5 Å². The Morgan fingerprint density at radius 2 is 1.49 bits per heavy atom. The number of alkyl carbamates (subject to hydrolysis) is 1. The Labute approximate surface area is 202 Å². The van der Waals surface area contributed by atoms with Gasteiger partial charge in [-0.1, -0.05) is 60.7 Å². The number of amides is 2. The third-order valence-electron chi connectivity index (χ3n) is 5.69. The molecule has 0 atom stereocenters. The van der Waals surface area contributed by atoms with E-state index in [1.807, 2.05) is 24.3 Å². The molecule has 35 heavy (non-hydrogen) atoms. The van der Waals surface area contributed by atoms with Crippen molar-refractivity contribution in [1.29, 1.82) is 0 Å². The summed E-state index contributed by atoms with van der Waals surface area (Å²) in [5, 5.41) is 14.1. The van der Waals surface area contributed by atoms with Crippen LogP contribution >= 0.6 is 0 Å². The molecule has 180 valence electrons. The van der Waals surface area contributed by atoms with Gasteiger partial charge >= 0.3 is 12.1 Å². The van der Waals surface area contributed by atoms with E-state index in [1.54, 1.807) is 24.3 Å². The van der Waals surface area contributed by atoms with E-state index < -0.39 is 12.1 Å². The highest BCUT2D eigenvalue weighted by atomic mass is 16.5. The van der Waals surface area contributed by atoms with Crippen molar-refractivity contribution in [3.8, 4) is 11.1 Å². The molecule has 1 aliphatic carbocycles. The van der Waals surface area contributed by atoms with Gasteiger partial charge < -0.3 is 25.2 Å². The maximum absolute atomic E-state index is 12.2. The number of ether oxygens (including phenoxy) is 2. The number of carboxylic acid groups (broad SMARTS) is 1. The standard InChI is InChI=1S/C27H26N2O6/c30-25(29-19-11-9-18(10-12-19)15-26(31)32)17-34-14-13-28-27(33)35-16-24-22-7-3-1-5-20(22)21-6-2-4-8-23(21)24/h1-12,24H,13-17H2,(H,28,33)(H,29,30)(H,31,32). The van der Waals surface area contributed by atoms with E-state index >= 15 is 0 Å². The molecule has 0 radical (unpaired) electrons. The molecular weight excluding hydrogens is 448 g/mol. The fourth-order valence-corrected chi connectivity index (χ4v) is 4.12. The number of benzene rings is 3. The number of anilines is 1. The summed E-state index contributed by atoms with van der Waals surface area (Å²) < 4.78 is 10.8. The van der Waals surface area contributed by atoms with E-state index in [0.29, 0.717) is 11.3 Å². The summed E-state index contributed by atoms with van der Waals surface area (Å²) in [7, 11) is 0. The maximum atomic E-state index is 12.2. The van der Waals surface area contributed by atoms with Crippen LogP contribution in [0.25, 0.3) is 11.1 Å². The first kappa shape index (κ1) is 24.0. The smallest absolute Gasteiger partial charge is 0.407 e. The summed E-state index contributed by atoms with van der Waals surface area (Å²) in [4.78, 5) is 34.8. The van der Waals surface area contributed by atoms with Crippen LogP contribution in [0, 0.1) is 0 Å². The SMILES string of the molecule is O=C(O)Cc1ccc(NC(=O)COCCNC(=O)OCC2c3ccccc3-c3ccccc32)cc1. The topological polar surface area (TPSA) is 114 Å². The average molecular weight is 475 g/mol. The predicted molar refractivity (Wildman–Crippen MR) is 130 cm³/mol. The molecule has 0 saturated heterocycles. The third-order valence-corrected chi connectivity index (χ3v) is 5.69. The minimum absolute atomic E-state index is 0.00807. The fraction of sp³-hybridized carbons (Fsp3) is 0.222. The van der Waals surface area contributed by atoms with Crippen molar-refractivity contribution in [1.82, 2.24) is 5.32 Å². The fourth-order valence-electron chi connectivity index (χ4n) is 4.12. The van der Waals surface area contributed by atoms with Gasteiger partial charge in [0.25, 0.3) is 0 Å². The molecule has 3 aromatic carbocycles. The number of fused-ring (bicyclic) bond motifs is 3. The first-order valence-corrected chi connectivity index (χ1v) is 11.3. The van der Waals surface area contributed by atoms with Gasteiger partial charge in [0.2, 0.25) is 5.91 Å². The van der Waals surface area contributed by atoms with Crippen LogP contribution < -0.4 is 10.6 Å². The van der Waals surface area contributed by atoms with Gasteiger partial charge in [0, 0.05) is 18.2 Å². The molecule has 0 spiro atoms. The van der Waals surface area contributed by atoms with E-state index in [2.05, 4.69) is 34.9 Å².